The minimum absolute atomic E-state index is 0.326. The molecular formula is C26H31ClO6. The first-order chi connectivity index (χ1) is 15.9. The molecule has 0 bridgehead atoms. The van der Waals surface area contributed by atoms with Crippen LogP contribution < -0.4 is 4.74 Å². The monoisotopic (exact) mass is 474 g/mol. The molecule has 6 nitrogen and oxygen atoms in total. The molecule has 0 amide bonds. The van der Waals surface area contributed by atoms with Crippen LogP contribution in [0.2, 0.25) is 5.02 Å². The highest BCUT2D eigenvalue weighted by molar-refractivity contribution is 6.31. The zero-order valence-corrected chi connectivity index (χ0v) is 19.3. The smallest absolute Gasteiger partial charge is 0.119 e. The second-order valence-electron chi connectivity index (χ2n) is 9.82. The van der Waals surface area contributed by atoms with Gasteiger partial charge in [-0.25, -0.2) is 0 Å². The van der Waals surface area contributed by atoms with Crippen molar-refractivity contribution in [2.24, 2.45) is 17.8 Å². The average molecular weight is 475 g/mol. The summed E-state index contributed by atoms with van der Waals surface area (Å²) in [5.74, 6) is 3.47. The summed E-state index contributed by atoms with van der Waals surface area (Å²) in [4.78, 5) is 0. The van der Waals surface area contributed by atoms with E-state index in [9.17, 15) is 20.4 Å². The van der Waals surface area contributed by atoms with Crippen LogP contribution in [0.3, 0.4) is 0 Å². The van der Waals surface area contributed by atoms with E-state index in [1.807, 2.05) is 30.3 Å². The summed E-state index contributed by atoms with van der Waals surface area (Å²) in [6.45, 7) is 1.87. The predicted octanol–water partition coefficient (Wildman–Crippen LogP) is 2.87. The molecular weight excluding hydrogens is 444 g/mol. The quantitative estimate of drug-likeness (QED) is 0.514. The van der Waals surface area contributed by atoms with Crippen LogP contribution in [0.25, 0.3) is 0 Å². The van der Waals surface area contributed by atoms with Crippen LogP contribution in [-0.4, -0.2) is 57.6 Å². The maximum atomic E-state index is 10.4. The van der Waals surface area contributed by atoms with Gasteiger partial charge in [0.25, 0.3) is 0 Å². The molecule has 1 saturated heterocycles. The maximum absolute atomic E-state index is 10.4. The van der Waals surface area contributed by atoms with E-state index in [1.54, 1.807) is 12.1 Å². The fourth-order valence-electron chi connectivity index (χ4n) is 5.60. The third-order valence-corrected chi connectivity index (χ3v) is 8.11. The Morgan fingerprint density at radius 3 is 2.33 bits per heavy atom. The molecule has 1 aliphatic heterocycles. The Kier molecular flexibility index (Phi) is 6.42. The Morgan fingerprint density at radius 2 is 1.67 bits per heavy atom. The van der Waals surface area contributed by atoms with Gasteiger partial charge >= 0.3 is 0 Å². The SMILES string of the molecule is CC1[C@H]2CC(Oc3ccc(Cc4cc([C@@H]5O[C@H](CO)[C@@H](O)[C@H](O)[C@H]5O)ccc4Cl)cc3)C[C@@H]12. The molecule has 2 unspecified atom stereocenters. The summed E-state index contributed by atoms with van der Waals surface area (Å²) < 4.78 is 11.9. The lowest BCUT2D eigenvalue weighted by molar-refractivity contribution is -0.231. The van der Waals surface area contributed by atoms with E-state index in [0.29, 0.717) is 23.1 Å². The molecule has 5 rings (SSSR count). The zero-order valence-electron chi connectivity index (χ0n) is 18.5. The Bertz CT molecular complexity index is 967. The summed E-state index contributed by atoms with van der Waals surface area (Å²) in [5, 5.41) is 40.6. The number of hydrogen-bond donors (Lipinski definition) is 4. The number of aliphatic hydroxyl groups is 4. The van der Waals surface area contributed by atoms with E-state index in [1.165, 1.54) is 0 Å². The van der Waals surface area contributed by atoms with Crippen LogP contribution in [0.1, 0.15) is 42.6 Å². The number of rotatable bonds is 6. The van der Waals surface area contributed by atoms with Crippen molar-refractivity contribution < 1.29 is 29.9 Å². The normalized spacial score (nSPS) is 37.6. The van der Waals surface area contributed by atoms with E-state index >= 15 is 0 Å². The lowest BCUT2D eigenvalue weighted by atomic mass is 9.90. The molecule has 0 radical (unpaired) electrons. The molecule has 0 spiro atoms. The van der Waals surface area contributed by atoms with Gasteiger partial charge in [-0.15, -0.1) is 0 Å². The van der Waals surface area contributed by atoms with Crippen molar-refractivity contribution in [2.75, 3.05) is 6.61 Å². The molecule has 3 fully saturated rings. The van der Waals surface area contributed by atoms with Crippen LogP contribution in [0.4, 0.5) is 0 Å². The number of halogens is 1. The number of fused-ring (bicyclic) bond motifs is 1. The summed E-state index contributed by atoms with van der Waals surface area (Å²) >= 11 is 6.45. The van der Waals surface area contributed by atoms with Crippen LogP contribution in [0.5, 0.6) is 5.75 Å². The highest BCUT2D eigenvalue weighted by Gasteiger charge is 2.53. The first-order valence-corrected chi connectivity index (χ1v) is 12.1. The molecule has 2 aromatic carbocycles. The van der Waals surface area contributed by atoms with Crippen LogP contribution >= 0.6 is 11.6 Å². The van der Waals surface area contributed by atoms with Gasteiger partial charge in [0.15, 0.2) is 0 Å². The molecule has 33 heavy (non-hydrogen) atoms. The molecule has 2 saturated carbocycles. The fourth-order valence-corrected chi connectivity index (χ4v) is 5.78. The molecule has 3 aliphatic rings. The van der Waals surface area contributed by atoms with Crippen molar-refractivity contribution >= 4 is 11.6 Å². The number of aliphatic hydroxyl groups excluding tert-OH is 4. The first-order valence-electron chi connectivity index (χ1n) is 11.7. The second-order valence-corrected chi connectivity index (χ2v) is 10.2. The maximum Gasteiger partial charge on any atom is 0.119 e. The van der Waals surface area contributed by atoms with Crippen molar-refractivity contribution in [3.8, 4) is 5.75 Å². The molecule has 4 N–H and O–H groups in total. The van der Waals surface area contributed by atoms with Crippen molar-refractivity contribution in [3.05, 3.63) is 64.2 Å². The number of ether oxygens (including phenoxy) is 2. The summed E-state index contributed by atoms with van der Waals surface area (Å²) in [7, 11) is 0. The molecule has 0 aromatic heterocycles. The molecule has 2 aliphatic carbocycles. The third-order valence-electron chi connectivity index (χ3n) is 7.74. The van der Waals surface area contributed by atoms with Crippen molar-refractivity contribution in [3.63, 3.8) is 0 Å². The van der Waals surface area contributed by atoms with E-state index in [-0.39, 0.29) is 0 Å². The molecule has 2 aromatic rings. The van der Waals surface area contributed by atoms with Crippen LogP contribution in [-0.2, 0) is 11.2 Å². The van der Waals surface area contributed by atoms with Gasteiger partial charge in [0.2, 0.25) is 0 Å². The second kappa shape index (κ2) is 9.17. The van der Waals surface area contributed by atoms with Gasteiger partial charge in [-0.1, -0.05) is 42.8 Å². The highest BCUT2D eigenvalue weighted by Crippen LogP contribution is 2.57. The Labute approximate surface area is 198 Å². The van der Waals surface area contributed by atoms with Gasteiger partial charge in [-0.05, 0) is 71.9 Å². The lowest BCUT2D eigenvalue weighted by Gasteiger charge is -2.40. The summed E-state index contributed by atoms with van der Waals surface area (Å²) in [6, 6.07) is 13.4. The van der Waals surface area contributed by atoms with Crippen molar-refractivity contribution in [1.82, 2.24) is 0 Å². The Hall–Kier alpha value is -1.67. The van der Waals surface area contributed by atoms with Gasteiger partial charge in [0.1, 0.15) is 36.3 Å². The third kappa shape index (κ3) is 4.53. The first kappa shape index (κ1) is 23.1. The number of hydrogen-bond acceptors (Lipinski definition) is 6. The fraction of sp³-hybridized carbons (Fsp3) is 0.538. The van der Waals surface area contributed by atoms with Gasteiger partial charge in [-0.3, -0.25) is 0 Å². The van der Waals surface area contributed by atoms with E-state index in [2.05, 4.69) is 6.92 Å². The minimum atomic E-state index is -1.42. The average Bonchev–Trinajstić information content (AvgIpc) is 3.20. The van der Waals surface area contributed by atoms with Gasteiger partial charge in [0.05, 0.1) is 12.7 Å². The lowest BCUT2D eigenvalue weighted by Crippen LogP contribution is -2.55. The van der Waals surface area contributed by atoms with E-state index in [0.717, 1.165) is 47.5 Å². The summed E-state index contributed by atoms with van der Waals surface area (Å²) in [5.41, 5.74) is 2.54. The highest BCUT2D eigenvalue weighted by atomic mass is 35.5. The number of benzene rings is 2. The molecule has 178 valence electrons. The zero-order chi connectivity index (χ0) is 23.3. The largest absolute Gasteiger partial charge is 0.490 e. The van der Waals surface area contributed by atoms with Crippen molar-refractivity contribution in [1.29, 1.82) is 0 Å². The Morgan fingerprint density at radius 1 is 0.970 bits per heavy atom. The van der Waals surface area contributed by atoms with E-state index < -0.39 is 37.1 Å². The van der Waals surface area contributed by atoms with Gasteiger partial charge in [0, 0.05) is 5.02 Å². The minimum Gasteiger partial charge on any atom is -0.490 e. The predicted molar refractivity (Wildman–Crippen MR) is 123 cm³/mol. The van der Waals surface area contributed by atoms with Crippen LogP contribution in [0.15, 0.2) is 42.5 Å². The standard InChI is InChI=1S/C26H31ClO6/c1-13-19-10-18(11-20(13)19)32-17-5-2-14(3-6-17)8-16-9-15(4-7-21(16)27)26-25(31)24(30)23(29)22(12-28)33-26/h2-7,9,13,18-20,22-26,28-31H,8,10-12H2,1H3/t13?,18?,19-,20+,22-,23-,24+,25-,26+/m1/s1. The summed E-state index contributed by atoms with van der Waals surface area (Å²) in [6.07, 6.45) is -2.72. The topological polar surface area (TPSA) is 99.4 Å². The van der Waals surface area contributed by atoms with Gasteiger partial charge in [-0.2, -0.15) is 0 Å². The van der Waals surface area contributed by atoms with Crippen LogP contribution in [0, 0.1) is 17.8 Å². The Balaban J connectivity index is 1.26. The molecule has 7 heteroatoms. The molecule has 1 heterocycles. The molecule has 9 atom stereocenters. The van der Waals surface area contributed by atoms with Gasteiger partial charge < -0.3 is 29.9 Å². The van der Waals surface area contributed by atoms with Crippen molar-refractivity contribution in [2.45, 2.75) is 62.8 Å². The van der Waals surface area contributed by atoms with E-state index in [4.69, 9.17) is 21.1 Å².